The lowest BCUT2D eigenvalue weighted by Crippen LogP contribution is -2.32. The fourth-order valence-corrected chi connectivity index (χ4v) is 2.98. The second kappa shape index (κ2) is 5.75. The lowest BCUT2D eigenvalue weighted by molar-refractivity contribution is 0.0266. The highest BCUT2D eigenvalue weighted by atomic mass is 16.3. The van der Waals surface area contributed by atoms with Crippen LogP contribution in [0.3, 0.4) is 0 Å². The van der Waals surface area contributed by atoms with Gasteiger partial charge >= 0.3 is 0 Å². The van der Waals surface area contributed by atoms with E-state index in [-0.39, 0.29) is 0 Å². The third kappa shape index (κ3) is 2.82. The van der Waals surface area contributed by atoms with Crippen molar-refractivity contribution < 1.29 is 5.11 Å². The molecule has 0 amide bonds. The molecule has 2 heteroatoms. The minimum atomic E-state index is -0.657. The van der Waals surface area contributed by atoms with Gasteiger partial charge in [0.1, 0.15) is 0 Å². The molecule has 1 aromatic carbocycles. The molecule has 0 bridgehead atoms. The van der Waals surface area contributed by atoms with E-state index in [1.165, 1.54) is 5.56 Å². The topological polar surface area (TPSA) is 44.0 Å². The van der Waals surface area contributed by atoms with E-state index in [1.54, 1.807) is 0 Å². The zero-order chi connectivity index (χ0) is 13.9. The molecule has 1 saturated carbocycles. The summed E-state index contributed by atoms with van der Waals surface area (Å²) in [5.74, 6) is 0.677. The van der Waals surface area contributed by atoms with Crippen LogP contribution in [0.15, 0.2) is 24.3 Å². The van der Waals surface area contributed by atoms with E-state index in [2.05, 4.69) is 32.0 Å². The fourth-order valence-electron chi connectivity index (χ4n) is 2.98. The second-order valence-electron chi connectivity index (χ2n) is 5.95. The Labute approximate surface area is 116 Å². The van der Waals surface area contributed by atoms with Gasteiger partial charge in [0.15, 0.2) is 0 Å². The first kappa shape index (κ1) is 14.1. The van der Waals surface area contributed by atoms with Crippen LogP contribution >= 0.6 is 0 Å². The summed E-state index contributed by atoms with van der Waals surface area (Å²) in [5.41, 5.74) is 1.56. The monoisotopic (exact) mass is 257 g/mol. The van der Waals surface area contributed by atoms with E-state index in [9.17, 15) is 10.4 Å². The van der Waals surface area contributed by atoms with Gasteiger partial charge in [-0.25, -0.2) is 0 Å². The quantitative estimate of drug-likeness (QED) is 0.889. The standard InChI is InChI=1S/C17H23NO/c1-3-14-4-6-15(7-5-14)16(19)17(12-18)10-8-13(2)9-11-17/h4-7,13,16,19H,3,8-11H2,1-2H3. The third-order valence-corrected chi connectivity index (χ3v) is 4.62. The normalized spacial score (nSPS) is 28.6. The third-order valence-electron chi connectivity index (χ3n) is 4.62. The van der Waals surface area contributed by atoms with Crippen molar-refractivity contribution in [3.8, 4) is 6.07 Å². The summed E-state index contributed by atoms with van der Waals surface area (Å²) < 4.78 is 0. The van der Waals surface area contributed by atoms with Gasteiger partial charge in [0.2, 0.25) is 0 Å². The molecule has 2 nitrogen and oxygen atoms in total. The lowest BCUT2D eigenvalue weighted by Gasteiger charge is -2.37. The molecule has 0 aromatic heterocycles. The van der Waals surface area contributed by atoms with Crippen molar-refractivity contribution in [1.82, 2.24) is 0 Å². The van der Waals surface area contributed by atoms with Crippen LogP contribution in [0.2, 0.25) is 0 Å². The molecule has 19 heavy (non-hydrogen) atoms. The molecule has 2 rings (SSSR count). The van der Waals surface area contributed by atoms with Gasteiger partial charge in [0, 0.05) is 0 Å². The molecule has 0 saturated heterocycles. The highest BCUT2D eigenvalue weighted by Gasteiger charge is 2.41. The first-order chi connectivity index (χ1) is 9.11. The number of nitriles is 1. The van der Waals surface area contributed by atoms with E-state index in [0.717, 1.165) is 37.7 Å². The van der Waals surface area contributed by atoms with E-state index in [1.807, 2.05) is 12.1 Å². The zero-order valence-corrected chi connectivity index (χ0v) is 11.9. The molecule has 1 unspecified atom stereocenters. The van der Waals surface area contributed by atoms with Crippen LogP contribution < -0.4 is 0 Å². The molecule has 0 spiro atoms. The van der Waals surface area contributed by atoms with Crippen molar-refractivity contribution in [2.75, 3.05) is 0 Å². The Hall–Kier alpha value is -1.33. The van der Waals surface area contributed by atoms with Gasteiger partial charge in [-0.15, -0.1) is 0 Å². The van der Waals surface area contributed by atoms with Crippen molar-refractivity contribution in [2.24, 2.45) is 11.3 Å². The minimum Gasteiger partial charge on any atom is -0.387 e. The number of hydrogen-bond donors (Lipinski definition) is 1. The van der Waals surface area contributed by atoms with Crippen LogP contribution in [0.5, 0.6) is 0 Å². The molecule has 0 heterocycles. The van der Waals surface area contributed by atoms with Crippen LogP contribution in [0.25, 0.3) is 0 Å². The van der Waals surface area contributed by atoms with Crippen LogP contribution in [-0.4, -0.2) is 5.11 Å². The average molecular weight is 257 g/mol. The Morgan fingerprint density at radius 1 is 1.32 bits per heavy atom. The molecule has 1 aliphatic rings. The highest BCUT2D eigenvalue weighted by Crippen LogP contribution is 2.47. The van der Waals surface area contributed by atoms with Crippen molar-refractivity contribution in [2.45, 2.75) is 52.1 Å². The molecular formula is C17H23NO. The van der Waals surface area contributed by atoms with Crippen molar-refractivity contribution >= 4 is 0 Å². The molecule has 1 atom stereocenters. The van der Waals surface area contributed by atoms with E-state index in [4.69, 9.17) is 0 Å². The van der Waals surface area contributed by atoms with E-state index >= 15 is 0 Å². The number of hydrogen-bond acceptors (Lipinski definition) is 2. The smallest absolute Gasteiger partial charge is 0.0976 e. The SMILES string of the molecule is CCc1ccc(C(O)C2(C#N)CCC(C)CC2)cc1. The van der Waals surface area contributed by atoms with Gasteiger partial charge in [-0.1, -0.05) is 38.1 Å². The molecule has 1 aromatic rings. The summed E-state index contributed by atoms with van der Waals surface area (Å²) in [4.78, 5) is 0. The summed E-state index contributed by atoms with van der Waals surface area (Å²) in [6, 6.07) is 10.5. The predicted molar refractivity (Wildman–Crippen MR) is 76.5 cm³/mol. The summed E-state index contributed by atoms with van der Waals surface area (Å²) in [5, 5.41) is 20.2. The van der Waals surface area contributed by atoms with Gasteiger partial charge in [0.25, 0.3) is 0 Å². The van der Waals surface area contributed by atoms with E-state index in [0.29, 0.717) is 5.92 Å². The number of aryl methyl sites for hydroxylation is 1. The number of rotatable bonds is 3. The van der Waals surface area contributed by atoms with Crippen LogP contribution in [0.4, 0.5) is 0 Å². The molecule has 0 radical (unpaired) electrons. The first-order valence-corrected chi connectivity index (χ1v) is 7.29. The maximum absolute atomic E-state index is 10.6. The zero-order valence-electron chi connectivity index (χ0n) is 11.9. The Bertz CT molecular complexity index is 449. The maximum Gasteiger partial charge on any atom is 0.0976 e. The Morgan fingerprint density at radius 3 is 2.37 bits per heavy atom. The Balaban J connectivity index is 2.20. The molecular weight excluding hydrogens is 234 g/mol. The molecule has 1 aliphatic carbocycles. The van der Waals surface area contributed by atoms with Gasteiger partial charge in [-0.3, -0.25) is 0 Å². The first-order valence-electron chi connectivity index (χ1n) is 7.29. The van der Waals surface area contributed by atoms with Gasteiger partial charge < -0.3 is 5.11 Å². The minimum absolute atomic E-state index is 0.583. The van der Waals surface area contributed by atoms with Crippen LogP contribution in [0, 0.1) is 22.7 Å². The van der Waals surface area contributed by atoms with Crippen molar-refractivity contribution in [3.63, 3.8) is 0 Å². The Morgan fingerprint density at radius 2 is 1.89 bits per heavy atom. The average Bonchev–Trinajstić information content (AvgIpc) is 2.48. The Kier molecular flexibility index (Phi) is 4.27. The van der Waals surface area contributed by atoms with Gasteiger partial charge in [-0.05, 0) is 49.1 Å². The molecule has 102 valence electrons. The molecule has 1 fully saturated rings. The molecule has 0 aliphatic heterocycles. The van der Waals surface area contributed by atoms with Crippen molar-refractivity contribution in [1.29, 1.82) is 5.26 Å². The number of benzene rings is 1. The largest absolute Gasteiger partial charge is 0.387 e. The number of nitrogens with zero attached hydrogens (tertiary/aromatic N) is 1. The van der Waals surface area contributed by atoms with Gasteiger partial charge in [-0.2, -0.15) is 5.26 Å². The highest BCUT2D eigenvalue weighted by molar-refractivity contribution is 5.27. The maximum atomic E-state index is 10.6. The van der Waals surface area contributed by atoms with E-state index < -0.39 is 11.5 Å². The summed E-state index contributed by atoms with van der Waals surface area (Å²) in [6.45, 7) is 4.34. The molecule has 1 N–H and O–H groups in total. The van der Waals surface area contributed by atoms with Gasteiger partial charge in [0.05, 0.1) is 17.6 Å². The summed E-state index contributed by atoms with van der Waals surface area (Å²) in [6.07, 6.45) is 4.03. The lowest BCUT2D eigenvalue weighted by atomic mass is 9.67. The summed E-state index contributed by atoms with van der Waals surface area (Å²) in [7, 11) is 0. The number of aliphatic hydroxyl groups is 1. The predicted octanol–water partition coefficient (Wildman–Crippen LogP) is 4.00. The van der Waals surface area contributed by atoms with Crippen LogP contribution in [-0.2, 0) is 6.42 Å². The summed E-state index contributed by atoms with van der Waals surface area (Å²) >= 11 is 0. The van der Waals surface area contributed by atoms with Crippen LogP contribution in [0.1, 0.15) is 56.8 Å². The second-order valence-corrected chi connectivity index (χ2v) is 5.95. The van der Waals surface area contributed by atoms with Crippen molar-refractivity contribution in [3.05, 3.63) is 35.4 Å². The number of aliphatic hydroxyl groups excluding tert-OH is 1. The fraction of sp³-hybridized carbons (Fsp3) is 0.588.